The minimum atomic E-state index is -0.983. The maximum absolute atomic E-state index is 11.8. The molecular weight excluding hydrogens is 296 g/mol. The Hall–Kier alpha value is -1.39. The second kappa shape index (κ2) is 14.2. The van der Waals surface area contributed by atoms with Gasteiger partial charge >= 0.3 is 11.9 Å². The highest BCUT2D eigenvalue weighted by molar-refractivity contribution is 5.80. The maximum atomic E-state index is 11.8. The van der Waals surface area contributed by atoms with E-state index in [4.69, 9.17) is 9.84 Å². The number of hydrogen-bond donors (Lipinski definition) is 1. The topological polar surface area (TPSA) is 80.7 Å². The van der Waals surface area contributed by atoms with Gasteiger partial charge in [0.15, 0.2) is 0 Å². The molecule has 134 valence electrons. The number of carbonyl (C=O) groups excluding carboxylic acids is 2. The SMILES string of the molecule is CCCCCCCCOC(=O)CC(CC(=O)O)CC(=O)CCC. The molecule has 0 saturated carbocycles. The van der Waals surface area contributed by atoms with Gasteiger partial charge in [0, 0.05) is 25.7 Å². The van der Waals surface area contributed by atoms with Crippen LogP contribution in [0, 0.1) is 5.92 Å². The molecule has 0 aliphatic heterocycles. The molecule has 0 bridgehead atoms. The second-order valence-corrected chi connectivity index (χ2v) is 6.15. The van der Waals surface area contributed by atoms with Crippen molar-refractivity contribution in [1.29, 1.82) is 0 Å². The van der Waals surface area contributed by atoms with E-state index in [2.05, 4.69) is 6.92 Å². The summed E-state index contributed by atoms with van der Waals surface area (Å²) in [7, 11) is 0. The second-order valence-electron chi connectivity index (χ2n) is 6.15. The molecule has 0 aromatic rings. The van der Waals surface area contributed by atoms with E-state index in [1.54, 1.807) is 0 Å². The highest BCUT2D eigenvalue weighted by Gasteiger charge is 2.21. The van der Waals surface area contributed by atoms with Crippen molar-refractivity contribution in [3.05, 3.63) is 0 Å². The molecule has 1 unspecified atom stereocenters. The minimum Gasteiger partial charge on any atom is -0.481 e. The lowest BCUT2D eigenvalue weighted by atomic mass is 9.94. The summed E-state index contributed by atoms with van der Waals surface area (Å²) in [5, 5.41) is 8.89. The molecular formula is C18H32O5. The molecule has 0 aliphatic rings. The van der Waals surface area contributed by atoms with Crippen molar-refractivity contribution in [3.63, 3.8) is 0 Å². The van der Waals surface area contributed by atoms with Gasteiger partial charge < -0.3 is 9.84 Å². The van der Waals surface area contributed by atoms with Gasteiger partial charge in [0.1, 0.15) is 5.78 Å². The summed E-state index contributed by atoms with van der Waals surface area (Å²) in [5.41, 5.74) is 0. The van der Waals surface area contributed by atoms with Gasteiger partial charge in [-0.05, 0) is 18.8 Å². The Kier molecular flexibility index (Phi) is 13.4. The number of hydrogen-bond acceptors (Lipinski definition) is 4. The highest BCUT2D eigenvalue weighted by Crippen LogP contribution is 2.17. The van der Waals surface area contributed by atoms with Gasteiger partial charge in [-0.1, -0.05) is 46.0 Å². The Morgan fingerprint density at radius 3 is 2.13 bits per heavy atom. The van der Waals surface area contributed by atoms with Crippen LogP contribution < -0.4 is 0 Å². The molecule has 5 nitrogen and oxygen atoms in total. The predicted molar refractivity (Wildman–Crippen MR) is 89.2 cm³/mol. The van der Waals surface area contributed by atoms with Crippen LogP contribution in [0.2, 0.25) is 0 Å². The van der Waals surface area contributed by atoms with Gasteiger partial charge in [-0.3, -0.25) is 14.4 Å². The van der Waals surface area contributed by atoms with Gasteiger partial charge in [0.05, 0.1) is 6.61 Å². The number of aliphatic carboxylic acids is 1. The monoisotopic (exact) mass is 328 g/mol. The van der Waals surface area contributed by atoms with E-state index in [0.717, 1.165) is 25.7 Å². The van der Waals surface area contributed by atoms with E-state index in [0.29, 0.717) is 13.0 Å². The lowest BCUT2D eigenvalue weighted by molar-refractivity contribution is -0.145. The number of Topliss-reactive ketones (excluding diaryl/α,β-unsaturated/α-hetero) is 1. The van der Waals surface area contributed by atoms with Crippen LogP contribution in [-0.4, -0.2) is 29.4 Å². The Labute approximate surface area is 139 Å². The molecule has 0 aromatic carbocycles. The molecule has 0 rings (SSSR count). The molecule has 5 heteroatoms. The number of unbranched alkanes of at least 4 members (excludes halogenated alkanes) is 5. The van der Waals surface area contributed by atoms with E-state index in [1.807, 2.05) is 6.92 Å². The number of carboxylic acid groups (broad SMARTS) is 1. The predicted octanol–water partition coefficient (Wildman–Crippen LogP) is 4.13. The van der Waals surface area contributed by atoms with Crippen LogP contribution in [0.4, 0.5) is 0 Å². The zero-order chi connectivity index (χ0) is 17.5. The Balaban J connectivity index is 3.98. The number of rotatable bonds is 15. The van der Waals surface area contributed by atoms with Crippen molar-refractivity contribution < 1.29 is 24.2 Å². The average molecular weight is 328 g/mol. The van der Waals surface area contributed by atoms with Crippen LogP contribution in [0.3, 0.4) is 0 Å². The van der Waals surface area contributed by atoms with E-state index in [-0.39, 0.29) is 25.0 Å². The summed E-state index contributed by atoms with van der Waals surface area (Å²) >= 11 is 0. The number of ether oxygens (including phenoxy) is 1. The van der Waals surface area contributed by atoms with Crippen molar-refractivity contribution in [2.24, 2.45) is 5.92 Å². The Morgan fingerprint density at radius 1 is 0.870 bits per heavy atom. The van der Waals surface area contributed by atoms with Crippen LogP contribution in [0.25, 0.3) is 0 Å². The van der Waals surface area contributed by atoms with Crippen molar-refractivity contribution in [2.45, 2.75) is 84.5 Å². The van der Waals surface area contributed by atoms with Gasteiger partial charge in [0.25, 0.3) is 0 Å². The number of carboxylic acids is 1. The molecule has 0 heterocycles. The van der Waals surface area contributed by atoms with E-state index >= 15 is 0 Å². The lowest BCUT2D eigenvalue weighted by Gasteiger charge is -2.13. The average Bonchev–Trinajstić information content (AvgIpc) is 2.45. The fraction of sp³-hybridized carbons (Fsp3) is 0.833. The summed E-state index contributed by atoms with van der Waals surface area (Å²) in [6.07, 6.45) is 7.85. The fourth-order valence-electron chi connectivity index (χ4n) is 2.53. The highest BCUT2D eigenvalue weighted by atomic mass is 16.5. The van der Waals surface area contributed by atoms with Gasteiger partial charge in [-0.25, -0.2) is 0 Å². The Morgan fingerprint density at radius 2 is 1.52 bits per heavy atom. The largest absolute Gasteiger partial charge is 0.481 e. The molecule has 0 spiro atoms. The zero-order valence-corrected chi connectivity index (χ0v) is 14.6. The first-order valence-corrected chi connectivity index (χ1v) is 8.88. The van der Waals surface area contributed by atoms with E-state index < -0.39 is 17.9 Å². The third kappa shape index (κ3) is 14.0. The number of esters is 1. The number of ketones is 1. The van der Waals surface area contributed by atoms with Crippen molar-refractivity contribution in [1.82, 2.24) is 0 Å². The van der Waals surface area contributed by atoms with Crippen molar-refractivity contribution >= 4 is 17.7 Å². The quantitative estimate of drug-likeness (QED) is 0.361. The third-order valence-electron chi connectivity index (χ3n) is 3.72. The normalized spacial score (nSPS) is 11.9. The summed E-state index contributed by atoms with van der Waals surface area (Å²) in [6.45, 7) is 4.45. The first-order chi connectivity index (χ1) is 11.0. The van der Waals surface area contributed by atoms with Crippen molar-refractivity contribution in [3.8, 4) is 0 Å². The molecule has 0 saturated heterocycles. The molecule has 23 heavy (non-hydrogen) atoms. The molecule has 1 N–H and O–H groups in total. The molecule has 0 aliphatic carbocycles. The molecule has 0 amide bonds. The van der Waals surface area contributed by atoms with Crippen LogP contribution in [0.15, 0.2) is 0 Å². The lowest BCUT2D eigenvalue weighted by Crippen LogP contribution is -2.18. The summed E-state index contributed by atoms with van der Waals surface area (Å²) in [5.74, 6) is -1.82. The van der Waals surface area contributed by atoms with E-state index in [9.17, 15) is 14.4 Å². The first-order valence-electron chi connectivity index (χ1n) is 8.88. The third-order valence-corrected chi connectivity index (χ3v) is 3.72. The van der Waals surface area contributed by atoms with Crippen LogP contribution in [0.1, 0.15) is 84.5 Å². The zero-order valence-electron chi connectivity index (χ0n) is 14.6. The van der Waals surface area contributed by atoms with Gasteiger partial charge in [-0.2, -0.15) is 0 Å². The minimum absolute atomic E-state index is 0.0115. The van der Waals surface area contributed by atoms with Crippen LogP contribution in [0.5, 0.6) is 0 Å². The number of carbonyl (C=O) groups is 3. The molecule has 0 radical (unpaired) electrons. The summed E-state index contributed by atoms with van der Waals surface area (Å²) in [4.78, 5) is 34.3. The van der Waals surface area contributed by atoms with Crippen LogP contribution >= 0.6 is 0 Å². The van der Waals surface area contributed by atoms with E-state index in [1.165, 1.54) is 19.3 Å². The van der Waals surface area contributed by atoms with Gasteiger partial charge in [-0.15, -0.1) is 0 Å². The maximum Gasteiger partial charge on any atom is 0.306 e. The Bertz CT molecular complexity index is 351. The summed E-state index contributed by atoms with van der Waals surface area (Å²) in [6, 6.07) is 0. The molecule has 0 fully saturated rings. The first kappa shape index (κ1) is 21.6. The fourth-order valence-corrected chi connectivity index (χ4v) is 2.53. The van der Waals surface area contributed by atoms with Crippen molar-refractivity contribution in [2.75, 3.05) is 6.61 Å². The standard InChI is InChI=1S/C18H32O5/c1-3-5-6-7-8-9-11-23-18(22)14-15(13-17(20)21)12-16(19)10-4-2/h15H,3-14H2,1-2H3,(H,20,21). The molecule has 1 atom stereocenters. The van der Waals surface area contributed by atoms with Gasteiger partial charge in [0.2, 0.25) is 0 Å². The molecule has 0 aromatic heterocycles. The smallest absolute Gasteiger partial charge is 0.306 e. The van der Waals surface area contributed by atoms with Crippen LogP contribution in [-0.2, 0) is 19.1 Å². The summed E-state index contributed by atoms with van der Waals surface area (Å²) < 4.78 is 5.16.